The number of nitrogens with zero attached hydrogens (tertiary/aromatic N) is 3. The van der Waals surface area contributed by atoms with Gasteiger partial charge < -0.3 is 0 Å². The highest BCUT2D eigenvalue weighted by molar-refractivity contribution is 9.10. The Kier molecular flexibility index (Phi) is 2.31. The third kappa shape index (κ3) is 1.89. The van der Waals surface area contributed by atoms with Crippen LogP contribution in [0.2, 0.25) is 0 Å². The summed E-state index contributed by atoms with van der Waals surface area (Å²) in [6.45, 7) is 0. The summed E-state index contributed by atoms with van der Waals surface area (Å²) in [5, 5.41) is 0. The zero-order chi connectivity index (χ0) is 9.10. The molecule has 3 nitrogen and oxygen atoms in total. The molecule has 0 aliphatic rings. The molecule has 2 heterocycles. The molecule has 0 N–H and O–H groups in total. The Labute approximate surface area is 84.0 Å². The van der Waals surface area contributed by atoms with Crippen molar-refractivity contribution in [3.63, 3.8) is 0 Å². The third-order valence-corrected chi connectivity index (χ3v) is 1.97. The van der Waals surface area contributed by atoms with Crippen LogP contribution < -0.4 is 0 Å². The van der Waals surface area contributed by atoms with E-state index in [1.165, 1.54) is 0 Å². The van der Waals surface area contributed by atoms with Crippen LogP contribution in [-0.2, 0) is 0 Å². The Morgan fingerprint density at radius 3 is 2.23 bits per heavy atom. The lowest BCUT2D eigenvalue weighted by molar-refractivity contribution is 1.15. The molecule has 13 heavy (non-hydrogen) atoms. The van der Waals surface area contributed by atoms with E-state index in [1.807, 2.05) is 12.1 Å². The average molecular weight is 236 g/mol. The van der Waals surface area contributed by atoms with Crippen molar-refractivity contribution in [1.82, 2.24) is 15.0 Å². The smallest absolute Gasteiger partial charge is 0.159 e. The summed E-state index contributed by atoms with van der Waals surface area (Å²) in [5.41, 5.74) is 0.975. The molecule has 2 aromatic heterocycles. The molecule has 0 bridgehead atoms. The van der Waals surface area contributed by atoms with Gasteiger partial charge in [-0.05, 0) is 28.1 Å². The van der Waals surface area contributed by atoms with Crippen LogP contribution in [-0.4, -0.2) is 15.0 Å². The number of aromatic nitrogens is 3. The van der Waals surface area contributed by atoms with E-state index >= 15 is 0 Å². The zero-order valence-corrected chi connectivity index (χ0v) is 8.27. The molecule has 0 saturated heterocycles. The molecule has 2 aromatic rings. The highest BCUT2D eigenvalue weighted by Crippen LogP contribution is 2.13. The molecular formula is C9H6BrN3. The summed E-state index contributed by atoms with van der Waals surface area (Å²) >= 11 is 3.28. The number of halogens is 1. The van der Waals surface area contributed by atoms with Gasteiger partial charge in [0, 0.05) is 30.4 Å². The first-order valence-electron chi connectivity index (χ1n) is 3.74. The Morgan fingerprint density at radius 2 is 1.62 bits per heavy atom. The minimum absolute atomic E-state index is 0.714. The second kappa shape index (κ2) is 3.62. The number of pyridine rings is 1. The van der Waals surface area contributed by atoms with E-state index in [2.05, 4.69) is 30.9 Å². The van der Waals surface area contributed by atoms with E-state index in [-0.39, 0.29) is 0 Å². The summed E-state index contributed by atoms with van der Waals surface area (Å²) in [5.74, 6) is 0.714. The highest BCUT2D eigenvalue weighted by Gasteiger charge is 1.98. The van der Waals surface area contributed by atoms with E-state index in [4.69, 9.17) is 0 Å². The van der Waals surface area contributed by atoms with Gasteiger partial charge in [0.2, 0.25) is 0 Å². The largest absolute Gasteiger partial charge is 0.265 e. The van der Waals surface area contributed by atoms with E-state index in [1.54, 1.807) is 24.8 Å². The summed E-state index contributed by atoms with van der Waals surface area (Å²) < 4.78 is 0.880. The minimum atomic E-state index is 0.714. The van der Waals surface area contributed by atoms with Gasteiger partial charge in [-0.25, -0.2) is 9.97 Å². The number of hydrogen-bond donors (Lipinski definition) is 0. The van der Waals surface area contributed by atoms with Crippen molar-refractivity contribution < 1.29 is 0 Å². The molecule has 2 rings (SSSR count). The van der Waals surface area contributed by atoms with Crippen molar-refractivity contribution in [2.45, 2.75) is 0 Å². The standard InChI is InChI=1S/C9H6BrN3/c10-8-5-12-9(13-6-8)7-1-3-11-4-2-7/h1-6H. The second-order valence-electron chi connectivity index (χ2n) is 2.46. The van der Waals surface area contributed by atoms with Crippen molar-refractivity contribution in [2.24, 2.45) is 0 Å². The number of hydrogen-bond acceptors (Lipinski definition) is 3. The van der Waals surface area contributed by atoms with Crippen LogP contribution in [0.4, 0.5) is 0 Å². The fourth-order valence-corrected chi connectivity index (χ4v) is 1.17. The Bertz CT molecular complexity index is 385. The molecule has 0 unspecified atom stereocenters. The Balaban J connectivity index is 2.42. The molecule has 0 fully saturated rings. The normalized spacial score (nSPS) is 9.92. The van der Waals surface area contributed by atoms with Crippen molar-refractivity contribution in [2.75, 3.05) is 0 Å². The van der Waals surface area contributed by atoms with Gasteiger partial charge in [0.25, 0.3) is 0 Å². The minimum Gasteiger partial charge on any atom is -0.265 e. The summed E-state index contributed by atoms with van der Waals surface area (Å²) in [6.07, 6.45) is 6.90. The monoisotopic (exact) mass is 235 g/mol. The van der Waals surface area contributed by atoms with Gasteiger partial charge in [0.15, 0.2) is 5.82 Å². The molecule has 0 radical (unpaired) electrons. The van der Waals surface area contributed by atoms with E-state index in [0.29, 0.717) is 5.82 Å². The maximum absolute atomic E-state index is 4.16. The van der Waals surface area contributed by atoms with Crippen LogP contribution in [0.3, 0.4) is 0 Å². The first-order chi connectivity index (χ1) is 6.36. The van der Waals surface area contributed by atoms with Crippen LogP contribution in [0.1, 0.15) is 0 Å². The summed E-state index contributed by atoms with van der Waals surface area (Å²) in [6, 6.07) is 3.76. The highest BCUT2D eigenvalue weighted by atomic mass is 79.9. The lowest BCUT2D eigenvalue weighted by Gasteiger charge is -1.97. The molecule has 64 valence electrons. The Hall–Kier alpha value is -1.29. The van der Waals surface area contributed by atoms with Gasteiger partial charge in [0.1, 0.15) is 0 Å². The van der Waals surface area contributed by atoms with Gasteiger partial charge in [-0.2, -0.15) is 0 Å². The van der Waals surface area contributed by atoms with Gasteiger partial charge in [-0.3, -0.25) is 4.98 Å². The maximum atomic E-state index is 4.16. The van der Waals surface area contributed by atoms with Crippen LogP contribution in [0, 0.1) is 0 Å². The molecule has 0 amide bonds. The zero-order valence-electron chi connectivity index (χ0n) is 6.68. The second-order valence-corrected chi connectivity index (χ2v) is 3.38. The SMILES string of the molecule is Brc1cnc(-c2ccncc2)nc1. The lowest BCUT2D eigenvalue weighted by atomic mass is 10.2. The van der Waals surface area contributed by atoms with Crippen molar-refractivity contribution in [3.8, 4) is 11.4 Å². The topological polar surface area (TPSA) is 38.7 Å². The average Bonchev–Trinajstić information content (AvgIpc) is 2.20. The molecule has 0 saturated carbocycles. The maximum Gasteiger partial charge on any atom is 0.159 e. The van der Waals surface area contributed by atoms with E-state index < -0.39 is 0 Å². The van der Waals surface area contributed by atoms with Crippen molar-refractivity contribution >= 4 is 15.9 Å². The molecule has 0 atom stereocenters. The van der Waals surface area contributed by atoms with E-state index in [0.717, 1.165) is 10.0 Å². The summed E-state index contributed by atoms with van der Waals surface area (Å²) in [4.78, 5) is 12.2. The fourth-order valence-electron chi connectivity index (χ4n) is 0.962. The van der Waals surface area contributed by atoms with Crippen LogP contribution in [0.25, 0.3) is 11.4 Å². The molecule has 4 heteroatoms. The van der Waals surface area contributed by atoms with E-state index in [9.17, 15) is 0 Å². The molecule has 0 aliphatic carbocycles. The molecule has 0 aromatic carbocycles. The molecule has 0 spiro atoms. The molecule has 0 aliphatic heterocycles. The predicted octanol–water partition coefficient (Wildman–Crippen LogP) is 2.30. The van der Waals surface area contributed by atoms with Gasteiger partial charge in [0.05, 0.1) is 4.47 Å². The fraction of sp³-hybridized carbons (Fsp3) is 0. The van der Waals surface area contributed by atoms with Crippen molar-refractivity contribution in [1.29, 1.82) is 0 Å². The van der Waals surface area contributed by atoms with Gasteiger partial charge in [-0.15, -0.1) is 0 Å². The predicted molar refractivity (Wildman–Crippen MR) is 53.0 cm³/mol. The van der Waals surface area contributed by atoms with Gasteiger partial charge in [-0.1, -0.05) is 0 Å². The summed E-state index contributed by atoms with van der Waals surface area (Å²) in [7, 11) is 0. The third-order valence-electron chi connectivity index (χ3n) is 1.56. The molecular weight excluding hydrogens is 230 g/mol. The quantitative estimate of drug-likeness (QED) is 0.762. The lowest BCUT2D eigenvalue weighted by Crippen LogP contribution is -1.87. The van der Waals surface area contributed by atoms with Crippen LogP contribution in [0.5, 0.6) is 0 Å². The first kappa shape index (κ1) is 8.31. The number of rotatable bonds is 1. The Morgan fingerprint density at radius 1 is 1.00 bits per heavy atom. The first-order valence-corrected chi connectivity index (χ1v) is 4.53. The van der Waals surface area contributed by atoms with Crippen molar-refractivity contribution in [3.05, 3.63) is 41.4 Å². The van der Waals surface area contributed by atoms with Gasteiger partial charge >= 0.3 is 0 Å². The van der Waals surface area contributed by atoms with Crippen LogP contribution in [0.15, 0.2) is 41.4 Å². The van der Waals surface area contributed by atoms with Crippen LogP contribution >= 0.6 is 15.9 Å².